The zero-order chi connectivity index (χ0) is 14.9. The summed E-state index contributed by atoms with van der Waals surface area (Å²) in [6, 6.07) is 9.41. The van der Waals surface area contributed by atoms with E-state index in [9.17, 15) is 5.11 Å². The molecule has 20 heavy (non-hydrogen) atoms. The van der Waals surface area contributed by atoms with Crippen LogP contribution in [0.5, 0.6) is 5.75 Å². The fraction of sp³-hybridized carbons (Fsp3) is 0.294. The van der Waals surface area contributed by atoms with Crippen molar-refractivity contribution < 1.29 is 9.84 Å². The number of halogens is 1. The van der Waals surface area contributed by atoms with Gasteiger partial charge in [-0.1, -0.05) is 29.8 Å². The fourth-order valence-corrected chi connectivity index (χ4v) is 2.52. The van der Waals surface area contributed by atoms with Gasteiger partial charge >= 0.3 is 0 Å². The maximum Gasteiger partial charge on any atom is 0.126 e. The van der Waals surface area contributed by atoms with Gasteiger partial charge in [-0.25, -0.2) is 0 Å². The molecular weight excluding hydrogens is 272 g/mol. The molecule has 3 heteroatoms. The van der Waals surface area contributed by atoms with Gasteiger partial charge in [-0.3, -0.25) is 0 Å². The number of aliphatic hydroxyl groups is 1. The van der Waals surface area contributed by atoms with Gasteiger partial charge in [0.15, 0.2) is 0 Å². The molecule has 0 aliphatic carbocycles. The van der Waals surface area contributed by atoms with Gasteiger partial charge in [0.05, 0.1) is 7.11 Å². The molecule has 0 aliphatic rings. The quantitative estimate of drug-likeness (QED) is 0.910. The Morgan fingerprint density at radius 3 is 2.25 bits per heavy atom. The molecule has 0 saturated heterocycles. The molecule has 2 aromatic carbocycles. The zero-order valence-corrected chi connectivity index (χ0v) is 13.0. The van der Waals surface area contributed by atoms with E-state index in [2.05, 4.69) is 13.0 Å². The van der Waals surface area contributed by atoms with Crippen molar-refractivity contribution >= 4 is 11.6 Å². The minimum Gasteiger partial charge on any atom is -0.496 e. The predicted octanol–water partition coefficient (Wildman–Crippen LogP) is 4.36. The summed E-state index contributed by atoms with van der Waals surface area (Å²) in [7, 11) is 1.58. The van der Waals surface area contributed by atoms with Gasteiger partial charge in [0.1, 0.15) is 11.9 Å². The first-order valence-corrected chi connectivity index (χ1v) is 6.91. The average Bonchev–Trinajstić information content (AvgIpc) is 2.42. The van der Waals surface area contributed by atoms with E-state index in [1.54, 1.807) is 25.3 Å². The van der Waals surface area contributed by atoms with Crippen LogP contribution >= 0.6 is 11.6 Å². The van der Waals surface area contributed by atoms with Crippen LogP contribution in [0.2, 0.25) is 5.02 Å². The normalized spacial score (nSPS) is 12.3. The molecule has 0 spiro atoms. The van der Waals surface area contributed by atoms with Gasteiger partial charge in [0, 0.05) is 10.6 Å². The minimum absolute atomic E-state index is 0.592. The lowest BCUT2D eigenvalue weighted by molar-refractivity contribution is 0.214. The largest absolute Gasteiger partial charge is 0.496 e. The Morgan fingerprint density at radius 1 is 0.950 bits per heavy atom. The average molecular weight is 291 g/mol. The molecule has 0 saturated carbocycles. The molecule has 106 valence electrons. The molecule has 2 rings (SSSR count). The van der Waals surface area contributed by atoms with Crippen LogP contribution in [-0.2, 0) is 0 Å². The molecule has 1 atom stereocenters. The van der Waals surface area contributed by atoms with Gasteiger partial charge in [0.2, 0.25) is 0 Å². The smallest absolute Gasteiger partial charge is 0.126 e. The minimum atomic E-state index is -0.721. The molecule has 0 heterocycles. The first kappa shape index (κ1) is 14.9. The number of ether oxygens (including phenoxy) is 1. The van der Waals surface area contributed by atoms with Crippen molar-refractivity contribution in [2.45, 2.75) is 26.9 Å². The summed E-state index contributed by atoms with van der Waals surface area (Å²) < 4.78 is 5.32. The summed E-state index contributed by atoms with van der Waals surface area (Å²) in [6.07, 6.45) is -0.721. The SMILES string of the molecule is COc1cc(Cl)ccc1C(O)c1cc(C)c(C)cc1C. The number of methoxy groups -OCH3 is 1. The second kappa shape index (κ2) is 5.86. The highest BCUT2D eigenvalue weighted by molar-refractivity contribution is 6.30. The Bertz CT molecular complexity index is 635. The van der Waals surface area contributed by atoms with Crippen molar-refractivity contribution in [1.82, 2.24) is 0 Å². The Hall–Kier alpha value is -1.51. The highest BCUT2D eigenvalue weighted by Gasteiger charge is 2.18. The van der Waals surface area contributed by atoms with Crippen molar-refractivity contribution in [2.75, 3.05) is 7.11 Å². The number of aliphatic hydroxyl groups excluding tert-OH is 1. The summed E-state index contributed by atoms with van der Waals surface area (Å²) in [5.41, 5.74) is 5.08. The highest BCUT2D eigenvalue weighted by atomic mass is 35.5. The number of hydrogen-bond acceptors (Lipinski definition) is 2. The van der Waals surface area contributed by atoms with Gasteiger partial charge in [-0.05, 0) is 55.2 Å². The molecule has 2 nitrogen and oxygen atoms in total. The van der Waals surface area contributed by atoms with Gasteiger partial charge in [-0.15, -0.1) is 0 Å². The second-order valence-corrected chi connectivity index (χ2v) is 5.52. The first-order valence-electron chi connectivity index (χ1n) is 6.53. The summed E-state index contributed by atoms with van der Waals surface area (Å²) >= 11 is 5.96. The lowest BCUT2D eigenvalue weighted by Gasteiger charge is -2.18. The van der Waals surface area contributed by atoms with Crippen molar-refractivity contribution in [2.24, 2.45) is 0 Å². The summed E-state index contributed by atoms with van der Waals surface area (Å²) in [4.78, 5) is 0. The zero-order valence-electron chi connectivity index (χ0n) is 12.2. The maximum absolute atomic E-state index is 10.7. The Balaban J connectivity index is 2.51. The summed E-state index contributed by atoms with van der Waals surface area (Å²) in [6.45, 7) is 6.12. The van der Waals surface area contributed by atoms with Crippen molar-refractivity contribution in [3.8, 4) is 5.75 Å². The van der Waals surface area contributed by atoms with Gasteiger partial charge in [-0.2, -0.15) is 0 Å². The van der Waals surface area contributed by atoms with Crippen LogP contribution in [0.3, 0.4) is 0 Å². The van der Waals surface area contributed by atoms with Gasteiger partial charge in [0.25, 0.3) is 0 Å². The van der Waals surface area contributed by atoms with E-state index < -0.39 is 6.10 Å². The van der Waals surface area contributed by atoms with E-state index in [4.69, 9.17) is 16.3 Å². The molecule has 0 fully saturated rings. The third-order valence-corrected chi connectivity index (χ3v) is 3.90. The lowest BCUT2D eigenvalue weighted by Crippen LogP contribution is -2.05. The number of benzene rings is 2. The van der Waals surface area contributed by atoms with E-state index in [1.807, 2.05) is 19.9 Å². The van der Waals surface area contributed by atoms with Crippen LogP contribution < -0.4 is 4.74 Å². The third kappa shape index (κ3) is 2.82. The van der Waals surface area contributed by atoms with Crippen molar-refractivity contribution in [3.05, 3.63) is 63.2 Å². The third-order valence-electron chi connectivity index (χ3n) is 3.67. The molecule has 1 N–H and O–H groups in total. The molecule has 0 bridgehead atoms. The molecular formula is C17H19ClO2. The standard InChI is InChI=1S/C17H19ClO2/c1-10-7-12(3)15(8-11(10)2)17(19)14-6-5-13(18)9-16(14)20-4/h5-9,17,19H,1-4H3. The number of rotatable bonds is 3. The Labute approximate surface area is 125 Å². The van der Waals surface area contributed by atoms with E-state index >= 15 is 0 Å². The van der Waals surface area contributed by atoms with Crippen LogP contribution in [-0.4, -0.2) is 12.2 Å². The fourth-order valence-electron chi connectivity index (χ4n) is 2.36. The molecule has 0 aliphatic heterocycles. The van der Waals surface area contributed by atoms with Crippen molar-refractivity contribution in [3.63, 3.8) is 0 Å². The monoisotopic (exact) mass is 290 g/mol. The molecule has 2 aromatic rings. The van der Waals surface area contributed by atoms with Crippen LogP contribution in [0.1, 0.15) is 33.9 Å². The topological polar surface area (TPSA) is 29.5 Å². The van der Waals surface area contributed by atoms with E-state index in [1.165, 1.54) is 5.56 Å². The second-order valence-electron chi connectivity index (χ2n) is 5.08. The Morgan fingerprint density at radius 2 is 1.60 bits per heavy atom. The van der Waals surface area contributed by atoms with Crippen LogP contribution in [0.15, 0.2) is 30.3 Å². The summed E-state index contributed by atoms with van der Waals surface area (Å²) in [5.74, 6) is 0.600. The van der Waals surface area contributed by atoms with Crippen LogP contribution in [0.25, 0.3) is 0 Å². The molecule has 0 amide bonds. The first-order chi connectivity index (χ1) is 9.43. The Kier molecular flexibility index (Phi) is 4.36. The number of hydrogen-bond donors (Lipinski definition) is 1. The maximum atomic E-state index is 10.7. The molecule has 0 aromatic heterocycles. The predicted molar refractivity (Wildman–Crippen MR) is 82.7 cm³/mol. The number of aryl methyl sites for hydroxylation is 3. The van der Waals surface area contributed by atoms with Crippen LogP contribution in [0, 0.1) is 20.8 Å². The van der Waals surface area contributed by atoms with E-state index in [-0.39, 0.29) is 0 Å². The van der Waals surface area contributed by atoms with Crippen LogP contribution in [0.4, 0.5) is 0 Å². The molecule has 0 radical (unpaired) electrons. The summed E-state index contributed by atoms with van der Waals surface area (Å²) in [5, 5.41) is 11.3. The molecule has 1 unspecified atom stereocenters. The highest BCUT2D eigenvalue weighted by Crippen LogP contribution is 2.34. The lowest BCUT2D eigenvalue weighted by atomic mass is 9.93. The van der Waals surface area contributed by atoms with E-state index in [0.717, 1.165) is 22.3 Å². The van der Waals surface area contributed by atoms with E-state index in [0.29, 0.717) is 10.8 Å². The van der Waals surface area contributed by atoms with Crippen molar-refractivity contribution in [1.29, 1.82) is 0 Å². The van der Waals surface area contributed by atoms with Gasteiger partial charge < -0.3 is 9.84 Å².